The van der Waals surface area contributed by atoms with E-state index in [1.807, 2.05) is 25.1 Å². The minimum Gasteiger partial charge on any atom is -0.390 e. The van der Waals surface area contributed by atoms with Crippen LogP contribution in [-0.4, -0.2) is 26.7 Å². The molecule has 0 spiro atoms. The van der Waals surface area contributed by atoms with Crippen LogP contribution < -0.4 is 10.9 Å². The molecule has 2 unspecified atom stereocenters. The molecule has 0 saturated heterocycles. The molecule has 7 rings (SSSR count). The van der Waals surface area contributed by atoms with E-state index in [0.717, 1.165) is 57.1 Å². The van der Waals surface area contributed by atoms with Crippen LogP contribution >= 0.6 is 0 Å². The van der Waals surface area contributed by atoms with Crippen LogP contribution in [0.5, 0.6) is 0 Å². The third-order valence-electron chi connectivity index (χ3n) is 8.32. The highest BCUT2D eigenvalue weighted by Crippen LogP contribution is 2.57. The number of carbonyl (C=O) groups is 1. The number of carbonyl (C=O) groups excluding carboxylic acids is 1. The van der Waals surface area contributed by atoms with Gasteiger partial charge in [0.1, 0.15) is 5.56 Å². The Morgan fingerprint density at radius 3 is 2.65 bits per heavy atom. The molecule has 5 nitrogen and oxygen atoms in total. The maximum Gasteiger partial charge on any atom is 0.268 e. The smallest absolute Gasteiger partial charge is 0.268 e. The van der Waals surface area contributed by atoms with E-state index < -0.39 is 5.60 Å². The predicted molar refractivity (Wildman–Crippen MR) is 119 cm³/mol. The molecule has 1 amide bonds. The first-order valence-corrected chi connectivity index (χ1v) is 11.7. The molecule has 2 N–H and O–H groups in total. The van der Waals surface area contributed by atoms with Crippen molar-refractivity contribution in [3.05, 3.63) is 63.1 Å². The molecule has 162 valence electrons. The number of hydrogen-bond donors (Lipinski definition) is 2. The molecular formula is C26H30N2O3. The number of fused-ring (bicyclic) bond motifs is 1. The summed E-state index contributed by atoms with van der Waals surface area (Å²) in [4.78, 5) is 27.0. The fraction of sp³-hybridized carbons (Fsp3) is 0.538. The molecule has 4 fully saturated rings. The number of nitrogens with one attached hydrogen (secondary N) is 1. The Kier molecular flexibility index (Phi) is 4.08. The van der Waals surface area contributed by atoms with Gasteiger partial charge in [-0.2, -0.15) is 0 Å². The van der Waals surface area contributed by atoms with Gasteiger partial charge in [-0.15, -0.1) is 0 Å². The van der Waals surface area contributed by atoms with Crippen LogP contribution in [0.4, 0.5) is 0 Å². The number of amides is 1. The topological polar surface area (TPSA) is 71.3 Å². The highest BCUT2D eigenvalue weighted by molar-refractivity contribution is 5.96. The molecule has 5 aliphatic carbocycles. The monoisotopic (exact) mass is 418 g/mol. The number of rotatable bonds is 3. The molecule has 1 heterocycles. The van der Waals surface area contributed by atoms with Gasteiger partial charge in [0.05, 0.1) is 11.3 Å². The fourth-order valence-corrected chi connectivity index (χ4v) is 7.58. The van der Waals surface area contributed by atoms with Gasteiger partial charge in [-0.25, -0.2) is 0 Å². The van der Waals surface area contributed by atoms with Gasteiger partial charge in [0.25, 0.3) is 11.5 Å². The van der Waals surface area contributed by atoms with Gasteiger partial charge < -0.3 is 10.4 Å². The number of aromatic nitrogens is 1. The number of benzene rings is 1. The lowest BCUT2D eigenvalue weighted by atomic mass is 9.51. The van der Waals surface area contributed by atoms with Crippen molar-refractivity contribution in [3.8, 4) is 5.69 Å². The molecule has 5 heteroatoms. The summed E-state index contributed by atoms with van der Waals surface area (Å²) in [5.74, 6) is 0.675. The van der Waals surface area contributed by atoms with Crippen molar-refractivity contribution < 1.29 is 9.90 Å². The normalized spacial score (nSPS) is 32.8. The Morgan fingerprint density at radius 2 is 1.90 bits per heavy atom. The minimum absolute atomic E-state index is 0.237. The predicted octanol–water partition coefficient (Wildman–Crippen LogP) is 3.45. The van der Waals surface area contributed by atoms with Crippen LogP contribution in [0, 0.1) is 18.8 Å². The van der Waals surface area contributed by atoms with E-state index in [2.05, 4.69) is 11.4 Å². The van der Waals surface area contributed by atoms with Crippen molar-refractivity contribution in [1.29, 1.82) is 0 Å². The first-order valence-electron chi connectivity index (χ1n) is 11.7. The fourth-order valence-electron chi connectivity index (χ4n) is 7.58. The van der Waals surface area contributed by atoms with Crippen LogP contribution in [0.15, 0.2) is 35.3 Å². The molecule has 1 aromatic heterocycles. The van der Waals surface area contributed by atoms with Crippen LogP contribution in [0.2, 0.25) is 0 Å². The van der Waals surface area contributed by atoms with E-state index in [4.69, 9.17) is 0 Å². The van der Waals surface area contributed by atoms with Crippen LogP contribution in [0.1, 0.15) is 72.0 Å². The number of pyridine rings is 1. The highest BCUT2D eigenvalue weighted by atomic mass is 16.3. The summed E-state index contributed by atoms with van der Waals surface area (Å²) in [6.45, 7) is 1.84. The van der Waals surface area contributed by atoms with E-state index in [-0.39, 0.29) is 22.6 Å². The van der Waals surface area contributed by atoms with Gasteiger partial charge in [-0.05, 0) is 105 Å². The Hall–Kier alpha value is -2.40. The van der Waals surface area contributed by atoms with Crippen molar-refractivity contribution in [2.75, 3.05) is 0 Å². The average molecular weight is 419 g/mol. The highest BCUT2D eigenvalue weighted by Gasteiger charge is 2.57. The average Bonchev–Trinajstić information content (AvgIpc) is 3.15. The molecule has 2 aromatic rings. The summed E-state index contributed by atoms with van der Waals surface area (Å²) >= 11 is 0. The van der Waals surface area contributed by atoms with E-state index in [0.29, 0.717) is 23.8 Å². The molecule has 31 heavy (non-hydrogen) atoms. The van der Waals surface area contributed by atoms with Crippen LogP contribution in [0.25, 0.3) is 5.69 Å². The van der Waals surface area contributed by atoms with Gasteiger partial charge in [0.15, 0.2) is 0 Å². The molecule has 4 saturated carbocycles. The number of nitrogens with zero attached hydrogens (tertiary/aromatic N) is 1. The van der Waals surface area contributed by atoms with E-state index in [9.17, 15) is 14.7 Å². The largest absolute Gasteiger partial charge is 0.390 e. The second kappa shape index (κ2) is 6.55. The zero-order valence-corrected chi connectivity index (χ0v) is 18.1. The van der Waals surface area contributed by atoms with Gasteiger partial charge in [-0.1, -0.05) is 12.1 Å². The molecule has 5 aliphatic rings. The molecule has 0 radical (unpaired) electrons. The first-order chi connectivity index (χ1) is 14.8. The summed E-state index contributed by atoms with van der Waals surface area (Å²) in [5.41, 5.74) is 3.10. The standard InChI is InChI=1S/C26H30N2O3/c1-16-8-9-28(21-7-3-5-19-4-2-6-20(19)21)24(30)22(16)23(29)27-25-11-17-10-18(12-25)14-26(31,13-17)15-25/h3,5,7-9,17-18,31H,2,4,6,10-15H2,1H3,(H,27,29). The quantitative estimate of drug-likeness (QED) is 0.802. The van der Waals surface area contributed by atoms with E-state index in [1.165, 1.54) is 11.1 Å². The Labute approximate surface area is 182 Å². The maximum atomic E-state index is 13.5. The summed E-state index contributed by atoms with van der Waals surface area (Å²) in [5, 5.41) is 14.3. The minimum atomic E-state index is -0.645. The lowest BCUT2D eigenvalue weighted by Crippen LogP contribution is -2.65. The van der Waals surface area contributed by atoms with Crippen LogP contribution in [0.3, 0.4) is 0 Å². The Morgan fingerprint density at radius 1 is 1.13 bits per heavy atom. The Balaban J connectivity index is 1.37. The molecular weight excluding hydrogens is 388 g/mol. The van der Waals surface area contributed by atoms with Crippen molar-refractivity contribution in [2.24, 2.45) is 11.8 Å². The second-order valence-electron chi connectivity index (χ2n) is 10.7. The summed E-state index contributed by atoms with van der Waals surface area (Å²) in [6.07, 6.45) is 10.3. The van der Waals surface area contributed by atoms with Gasteiger partial charge >= 0.3 is 0 Å². The van der Waals surface area contributed by atoms with Gasteiger partial charge in [0.2, 0.25) is 0 Å². The van der Waals surface area contributed by atoms with E-state index in [1.54, 1.807) is 10.8 Å². The van der Waals surface area contributed by atoms with Crippen LogP contribution in [-0.2, 0) is 12.8 Å². The number of hydrogen-bond acceptors (Lipinski definition) is 3. The molecule has 2 atom stereocenters. The van der Waals surface area contributed by atoms with Crippen molar-refractivity contribution in [1.82, 2.24) is 9.88 Å². The van der Waals surface area contributed by atoms with Gasteiger partial charge in [0, 0.05) is 11.7 Å². The molecule has 1 aromatic carbocycles. The maximum absolute atomic E-state index is 13.5. The third kappa shape index (κ3) is 3.00. The lowest BCUT2D eigenvalue weighted by molar-refractivity contribution is -0.139. The summed E-state index contributed by atoms with van der Waals surface area (Å²) in [7, 11) is 0. The third-order valence-corrected chi connectivity index (χ3v) is 8.32. The summed E-state index contributed by atoms with van der Waals surface area (Å²) < 4.78 is 1.65. The van der Waals surface area contributed by atoms with E-state index >= 15 is 0 Å². The first kappa shape index (κ1) is 19.3. The Bertz CT molecular complexity index is 1130. The molecule has 4 bridgehead atoms. The zero-order valence-electron chi connectivity index (χ0n) is 18.1. The lowest BCUT2D eigenvalue weighted by Gasteiger charge is -2.60. The van der Waals surface area contributed by atoms with Crippen molar-refractivity contribution >= 4 is 5.91 Å². The summed E-state index contributed by atoms with van der Waals surface area (Å²) in [6, 6.07) is 7.99. The zero-order chi connectivity index (χ0) is 21.4. The second-order valence-corrected chi connectivity index (χ2v) is 10.7. The van der Waals surface area contributed by atoms with Crippen molar-refractivity contribution in [2.45, 2.75) is 75.9 Å². The number of aliphatic hydroxyl groups is 1. The number of aryl methyl sites for hydroxylation is 2. The SMILES string of the molecule is Cc1ccn(-c2cccc3c2CCC3)c(=O)c1C(=O)NC12CC3CC(CC(O)(C3)C1)C2. The van der Waals surface area contributed by atoms with Crippen molar-refractivity contribution in [3.63, 3.8) is 0 Å². The molecule has 0 aliphatic heterocycles. The van der Waals surface area contributed by atoms with Gasteiger partial charge in [-0.3, -0.25) is 14.2 Å².